The summed E-state index contributed by atoms with van der Waals surface area (Å²) in [6.07, 6.45) is 0. The van der Waals surface area contributed by atoms with Crippen molar-refractivity contribution in [3.63, 3.8) is 0 Å². The number of nitro benzene ring substituents is 1. The van der Waals surface area contributed by atoms with E-state index in [1.807, 2.05) is 32.8 Å². The van der Waals surface area contributed by atoms with E-state index in [0.717, 1.165) is 0 Å². The number of likely N-dealkylation sites (N-methyl/N-ethyl adjacent to an activating group) is 1. The number of Topliss-reactive ketones (excluding diaryl/α,β-unsaturated/α-hetero) is 1. The Kier molecular flexibility index (Phi) is 7.68. The van der Waals surface area contributed by atoms with Crippen LogP contribution >= 0.6 is 0 Å². The minimum absolute atomic E-state index is 0.0971. The largest absolute Gasteiger partial charge is 0.507 e. The monoisotopic (exact) mass is 467 g/mol. The number of aliphatic hydroxyl groups excluding tert-OH is 1. The van der Waals surface area contributed by atoms with Crippen molar-refractivity contribution in [2.24, 2.45) is 5.92 Å². The summed E-state index contributed by atoms with van der Waals surface area (Å²) in [5.41, 5.74) is 0.464. The van der Waals surface area contributed by atoms with Crippen molar-refractivity contribution < 1.29 is 24.4 Å². The van der Waals surface area contributed by atoms with Crippen molar-refractivity contribution in [3.8, 4) is 5.75 Å². The highest BCUT2D eigenvalue weighted by Crippen LogP contribution is 2.40. The molecule has 0 unspecified atom stereocenters. The first-order valence-electron chi connectivity index (χ1n) is 11.0. The number of non-ortho nitro benzene ring substituents is 1. The molecular weight excluding hydrogens is 438 g/mol. The topological polar surface area (TPSA) is 113 Å². The number of rotatable bonds is 9. The zero-order chi connectivity index (χ0) is 25.0. The molecule has 1 aliphatic heterocycles. The molecule has 3 rings (SSSR count). The Balaban J connectivity index is 2.07. The fraction of sp³-hybridized carbons (Fsp3) is 0.360. The lowest BCUT2D eigenvalue weighted by Gasteiger charge is -2.26. The highest BCUT2D eigenvalue weighted by Gasteiger charge is 2.46. The van der Waals surface area contributed by atoms with Crippen LogP contribution in [0.25, 0.3) is 5.76 Å². The fourth-order valence-electron chi connectivity index (χ4n) is 3.70. The number of carbonyl (C=O) groups excluding carboxylic acids is 2. The normalized spacial score (nSPS) is 17.6. The van der Waals surface area contributed by atoms with Crippen molar-refractivity contribution in [1.82, 2.24) is 9.80 Å². The number of aliphatic hydroxyl groups is 1. The van der Waals surface area contributed by atoms with Crippen molar-refractivity contribution in [1.29, 1.82) is 0 Å². The van der Waals surface area contributed by atoms with Gasteiger partial charge in [-0.25, -0.2) is 0 Å². The predicted molar refractivity (Wildman–Crippen MR) is 127 cm³/mol. The maximum absolute atomic E-state index is 13.0. The molecule has 1 heterocycles. The molecule has 0 saturated carbocycles. The molecule has 0 radical (unpaired) electrons. The lowest BCUT2D eigenvalue weighted by Crippen LogP contribution is -2.35. The molecule has 180 valence electrons. The molecule has 1 saturated heterocycles. The van der Waals surface area contributed by atoms with Crippen molar-refractivity contribution in [2.45, 2.75) is 19.9 Å². The maximum Gasteiger partial charge on any atom is 0.295 e. The van der Waals surface area contributed by atoms with Gasteiger partial charge in [-0.2, -0.15) is 0 Å². The molecule has 1 amide bonds. The Labute approximate surface area is 198 Å². The fourth-order valence-corrected chi connectivity index (χ4v) is 3.70. The summed E-state index contributed by atoms with van der Waals surface area (Å²) in [6, 6.07) is 11.4. The molecule has 2 aromatic carbocycles. The molecule has 1 N–H and O–H groups in total. The Hall–Kier alpha value is -3.72. The molecule has 0 spiro atoms. The van der Waals surface area contributed by atoms with Crippen LogP contribution < -0.4 is 4.74 Å². The van der Waals surface area contributed by atoms with E-state index in [-0.39, 0.29) is 23.6 Å². The van der Waals surface area contributed by atoms with Gasteiger partial charge in [0.05, 0.1) is 23.1 Å². The van der Waals surface area contributed by atoms with Crippen molar-refractivity contribution >= 4 is 23.1 Å². The molecule has 1 aliphatic rings. The number of amides is 1. The third-order valence-corrected chi connectivity index (χ3v) is 5.44. The van der Waals surface area contributed by atoms with E-state index in [9.17, 15) is 24.8 Å². The summed E-state index contributed by atoms with van der Waals surface area (Å²) in [6.45, 7) is 5.28. The van der Waals surface area contributed by atoms with E-state index in [1.54, 1.807) is 30.3 Å². The number of carbonyl (C=O) groups is 2. The van der Waals surface area contributed by atoms with Gasteiger partial charge in [-0.1, -0.05) is 26.0 Å². The van der Waals surface area contributed by atoms with Gasteiger partial charge >= 0.3 is 0 Å². The number of hydrogen-bond donors (Lipinski definition) is 1. The van der Waals surface area contributed by atoms with Gasteiger partial charge in [-0.15, -0.1) is 0 Å². The molecule has 0 aliphatic carbocycles. The van der Waals surface area contributed by atoms with Crippen LogP contribution in [-0.4, -0.2) is 65.3 Å². The van der Waals surface area contributed by atoms with Gasteiger partial charge in [0.2, 0.25) is 0 Å². The SMILES string of the molecule is CC(C)COc1ccc(/C(O)=C2\C(=O)C(=O)N(CCN(C)C)[C@@H]2c2cccc([N+](=O)[O-])c2)cc1. The minimum atomic E-state index is -0.947. The van der Waals surface area contributed by atoms with Crippen LogP contribution in [0.3, 0.4) is 0 Å². The number of nitro groups is 1. The quantitative estimate of drug-likeness (QED) is 0.197. The van der Waals surface area contributed by atoms with Crippen LogP contribution in [0.2, 0.25) is 0 Å². The van der Waals surface area contributed by atoms with E-state index >= 15 is 0 Å². The lowest BCUT2D eigenvalue weighted by atomic mass is 9.95. The van der Waals surface area contributed by atoms with Crippen LogP contribution in [0.15, 0.2) is 54.1 Å². The van der Waals surface area contributed by atoms with E-state index < -0.39 is 22.7 Å². The number of likely N-dealkylation sites (tertiary alicyclic amines) is 1. The molecule has 1 fully saturated rings. The van der Waals surface area contributed by atoms with Gasteiger partial charge in [0.25, 0.3) is 17.4 Å². The first kappa shape index (κ1) is 24.9. The van der Waals surface area contributed by atoms with E-state index in [1.165, 1.54) is 23.1 Å². The number of benzene rings is 2. The summed E-state index contributed by atoms with van der Waals surface area (Å²) in [5, 5.41) is 22.5. The van der Waals surface area contributed by atoms with Gasteiger partial charge in [0.1, 0.15) is 11.5 Å². The van der Waals surface area contributed by atoms with Gasteiger partial charge in [-0.3, -0.25) is 19.7 Å². The van der Waals surface area contributed by atoms with E-state index in [2.05, 4.69) is 0 Å². The van der Waals surface area contributed by atoms with Crippen LogP contribution in [-0.2, 0) is 9.59 Å². The van der Waals surface area contributed by atoms with E-state index in [4.69, 9.17) is 4.74 Å². The molecule has 0 bridgehead atoms. The Morgan fingerprint density at radius 2 is 1.85 bits per heavy atom. The summed E-state index contributed by atoms with van der Waals surface area (Å²) in [7, 11) is 3.67. The zero-order valence-electron chi connectivity index (χ0n) is 19.7. The van der Waals surface area contributed by atoms with Gasteiger partial charge in [-0.05, 0) is 49.8 Å². The summed E-state index contributed by atoms with van der Waals surface area (Å²) in [5.74, 6) is -0.949. The predicted octanol–water partition coefficient (Wildman–Crippen LogP) is 3.61. The molecule has 9 nitrogen and oxygen atoms in total. The minimum Gasteiger partial charge on any atom is -0.507 e. The highest BCUT2D eigenvalue weighted by atomic mass is 16.6. The average Bonchev–Trinajstić information content (AvgIpc) is 3.06. The standard InChI is InChI=1S/C25H29N3O6/c1-16(2)15-34-20-10-8-17(9-11-20)23(29)21-22(18-6-5-7-19(14-18)28(32)33)27(13-12-26(3)4)25(31)24(21)30/h5-11,14,16,22,29H,12-13,15H2,1-4H3/b23-21+/t22-/m1/s1. The van der Waals surface area contributed by atoms with E-state index in [0.29, 0.717) is 35.9 Å². The first-order valence-corrected chi connectivity index (χ1v) is 11.0. The number of ether oxygens (including phenoxy) is 1. The summed E-state index contributed by atoms with van der Waals surface area (Å²) >= 11 is 0. The molecule has 9 heteroatoms. The molecule has 0 aromatic heterocycles. The number of hydrogen-bond acceptors (Lipinski definition) is 7. The van der Waals surface area contributed by atoms with Crippen LogP contribution in [0.5, 0.6) is 5.75 Å². The third kappa shape index (κ3) is 5.43. The van der Waals surface area contributed by atoms with Crippen LogP contribution in [0.4, 0.5) is 5.69 Å². The average molecular weight is 468 g/mol. The van der Waals surface area contributed by atoms with Gasteiger partial charge in [0, 0.05) is 30.8 Å². The highest BCUT2D eigenvalue weighted by molar-refractivity contribution is 6.46. The van der Waals surface area contributed by atoms with Crippen LogP contribution in [0.1, 0.15) is 31.0 Å². The number of ketones is 1. The Bertz CT molecular complexity index is 1110. The second kappa shape index (κ2) is 10.5. The second-order valence-corrected chi connectivity index (χ2v) is 8.88. The molecule has 34 heavy (non-hydrogen) atoms. The van der Waals surface area contributed by atoms with Crippen molar-refractivity contribution in [3.05, 3.63) is 75.3 Å². The number of nitrogens with zero attached hydrogens (tertiary/aromatic N) is 3. The third-order valence-electron chi connectivity index (χ3n) is 5.44. The Morgan fingerprint density at radius 3 is 2.44 bits per heavy atom. The summed E-state index contributed by atoms with van der Waals surface area (Å²) in [4.78, 5) is 40.0. The Morgan fingerprint density at radius 1 is 1.18 bits per heavy atom. The maximum atomic E-state index is 13.0. The molecular formula is C25H29N3O6. The smallest absolute Gasteiger partial charge is 0.295 e. The van der Waals surface area contributed by atoms with Gasteiger partial charge in [0.15, 0.2) is 0 Å². The zero-order valence-corrected chi connectivity index (χ0v) is 19.7. The molecule has 1 atom stereocenters. The van der Waals surface area contributed by atoms with Gasteiger partial charge < -0.3 is 19.6 Å². The lowest BCUT2D eigenvalue weighted by molar-refractivity contribution is -0.384. The van der Waals surface area contributed by atoms with Crippen LogP contribution in [0, 0.1) is 16.0 Å². The molecule has 2 aromatic rings. The second-order valence-electron chi connectivity index (χ2n) is 8.88. The summed E-state index contributed by atoms with van der Waals surface area (Å²) < 4.78 is 5.67. The van der Waals surface area contributed by atoms with Crippen molar-refractivity contribution in [2.75, 3.05) is 33.8 Å². The first-order chi connectivity index (χ1) is 16.1.